The summed E-state index contributed by atoms with van der Waals surface area (Å²) in [6.45, 7) is 3.70. The highest BCUT2D eigenvalue weighted by atomic mass is 16.2. The SMILES string of the molecule is C=CCNC(=O)C(=O)Nc1ccc2nc[nH]c2c1. The van der Waals surface area contributed by atoms with E-state index in [4.69, 9.17) is 0 Å². The van der Waals surface area contributed by atoms with E-state index < -0.39 is 11.8 Å². The molecule has 0 bridgehead atoms. The second-order valence-electron chi connectivity index (χ2n) is 3.59. The largest absolute Gasteiger partial charge is 0.345 e. The molecule has 2 rings (SSSR count). The van der Waals surface area contributed by atoms with Crippen molar-refractivity contribution in [2.24, 2.45) is 0 Å². The first kappa shape index (κ1) is 11.8. The van der Waals surface area contributed by atoms with Crippen LogP contribution < -0.4 is 10.6 Å². The number of imidazole rings is 1. The van der Waals surface area contributed by atoms with Crippen molar-refractivity contribution in [3.63, 3.8) is 0 Å². The number of hydrogen-bond donors (Lipinski definition) is 3. The summed E-state index contributed by atoms with van der Waals surface area (Å²) in [5.74, 6) is -1.41. The van der Waals surface area contributed by atoms with E-state index in [0.29, 0.717) is 5.69 Å². The van der Waals surface area contributed by atoms with Crippen molar-refractivity contribution in [1.29, 1.82) is 0 Å². The van der Waals surface area contributed by atoms with Gasteiger partial charge in [-0.1, -0.05) is 6.08 Å². The van der Waals surface area contributed by atoms with Crippen LogP contribution in [0.2, 0.25) is 0 Å². The highest BCUT2D eigenvalue weighted by Gasteiger charge is 2.12. The number of hydrogen-bond acceptors (Lipinski definition) is 3. The number of fused-ring (bicyclic) bond motifs is 1. The monoisotopic (exact) mass is 244 g/mol. The van der Waals surface area contributed by atoms with E-state index in [9.17, 15) is 9.59 Å². The van der Waals surface area contributed by atoms with Gasteiger partial charge in [-0.25, -0.2) is 4.98 Å². The van der Waals surface area contributed by atoms with Gasteiger partial charge in [-0.05, 0) is 18.2 Å². The van der Waals surface area contributed by atoms with Crippen LogP contribution in [0.4, 0.5) is 5.69 Å². The fourth-order valence-corrected chi connectivity index (χ4v) is 1.45. The molecule has 0 radical (unpaired) electrons. The number of nitrogens with zero attached hydrogens (tertiary/aromatic N) is 1. The molecule has 6 nitrogen and oxygen atoms in total. The van der Waals surface area contributed by atoms with Crippen LogP contribution >= 0.6 is 0 Å². The Kier molecular flexibility index (Phi) is 3.38. The number of carbonyl (C=O) groups is 2. The maximum atomic E-state index is 11.5. The van der Waals surface area contributed by atoms with Gasteiger partial charge in [0, 0.05) is 12.2 Å². The lowest BCUT2D eigenvalue weighted by Gasteiger charge is -2.04. The van der Waals surface area contributed by atoms with Crippen molar-refractivity contribution in [2.45, 2.75) is 0 Å². The minimum Gasteiger partial charge on any atom is -0.345 e. The van der Waals surface area contributed by atoms with Crippen LogP contribution in [-0.2, 0) is 9.59 Å². The van der Waals surface area contributed by atoms with Gasteiger partial charge < -0.3 is 15.6 Å². The predicted octanol–water partition coefficient (Wildman–Crippen LogP) is 0.804. The average molecular weight is 244 g/mol. The summed E-state index contributed by atoms with van der Waals surface area (Å²) in [5, 5.41) is 4.89. The highest BCUT2D eigenvalue weighted by molar-refractivity contribution is 6.39. The first-order valence-electron chi connectivity index (χ1n) is 5.34. The second-order valence-corrected chi connectivity index (χ2v) is 3.59. The predicted molar refractivity (Wildman–Crippen MR) is 67.9 cm³/mol. The maximum Gasteiger partial charge on any atom is 0.313 e. The number of amides is 2. The van der Waals surface area contributed by atoms with Crippen LogP contribution in [0.1, 0.15) is 0 Å². The zero-order valence-corrected chi connectivity index (χ0v) is 9.56. The summed E-state index contributed by atoms with van der Waals surface area (Å²) in [6, 6.07) is 5.14. The lowest BCUT2D eigenvalue weighted by Crippen LogP contribution is -2.35. The molecule has 1 aromatic carbocycles. The Labute approximate surface area is 103 Å². The van der Waals surface area contributed by atoms with Crippen molar-refractivity contribution in [1.82, 2.24) is 15.3 Å². The van der Waals surface area contributed by atoms with Crippen molar-refractivity contribution >= 4 is 28.5 Å². The Morgan fingerprint density at radius 2 is 2.22 bits per heavy atom. The number of benzene rings is 1. The standard InChI is InChI=1S/C12H12N4O2/c1-2-5-13-11(17)12(18)16-8-3-4-9-10(6-8)15-7-14-9/h2-4,6-7H,1,5H2,(H,13,17)(H,14,15)(H,16,18). The van der Waals surface area contributed by atoms with Gasteiger partial charge in [0.05, 0.1) is 17.4 Å². The summed E-state index contributed by atoms with van der Waals surface area (Å²) in [4.78, 5) is 29.8. The Bertz CT molecular complexity index is 603. The minimum absolute atomic E-state index is 0.256. The fraction of sp³-hybridized carbons (Fsp3) is 0.0833. The molecule has 3 N–H and O–H groups in total. The molecule has 1 aromatic heterocycles. The van der Waals surface area contributed by atoms with Crippen LogP contribution in [0.25, 0.3) is 11.0 Å². The smallest absolute Gasteiger partial charge is 0.313 e. The molecule has 0 spiro atoms. The van der Waals surface area contributed by atoms with E-state index in [1.165, 1.54) is 6.08 Å². The van der Waals surface area contributed by atoms with Gasteiger partial charge in [-0.2, -0.15) is 0 Å². The Balaban J connectivity index is 2.06. The van der Waals surface area contributed by atoms with Crippen LogP contribution in [0.3, 0.4) is 0 Å². The molecule has 0 aliphatic carbocycles. The van der Waals surface area contributed by atoms with Gasteiger partial charge in [-0.15, -0.1) is 6.58 Å². The van der Waals surface area contributed by atoms with E-state index in [2.05, 4.69) is 27.2 Å². The van der Waals surface area contributed by atoms with Crippen LogP contribution in [0.15, 0.2) is 37.2 Å². The van der Waals surface area contributed by atoms with Gasteiger partial charge in [0.25, 0.3) is 0 Å². The zero-order valence-electron chi connectivity index (χ0n) is 9.56. The van der Waals surface area contributed by atoms with Gasteiger partial charge >= 0.3 is 11.8 Å². The van der Waals surface area contributed by atoms with Crippen molar-refractivity contribution in [2.75, 3.05) is 11.9 Å². The quantitative estimate of drug-likeness (QED) is 0.551. The molecule has 2 amide bonds. The average Bonchev–Trinajstić information content (AvgIpc) is 2.83. The third-order valence-corrected chi connectivity index (χ3v) is 2.29. The van der Waals surface area contributed by atoms with Gasteiger partial charge in [0.15, 0.2) is 0 Å². The van der Waals surface area contributed by atoms with Crippen LogP contribution in [-0.4, -0.2) is 28.3 Å². The number of aromatic nitrogens is 2. The van der Waals surface area contributed by atoms with Gasteiger partial charge in [-0.3, -0.25) is 9.59 Å². The van der Waals surface area contributed by atoms with Crippen LogP contribution in [0, 0.1) is 0 Å². The normalized spacial score (nSPS) is 10.0. The molecule has 0 unspecified atom stereocenters. The molecule has 0 atom stereocenters. The number of aromatic amines is 1. The minimum atomic E-state index is -0.712. The summed E-state index contributed by atoms with van der Waals surface area (Å²) in [5.41, 5.74) is 2.12. The van der Waals surface area contributed by atoms with Crippen molar-refractivity contribution in [3.05, 3.63) is 37.2 Å². The summed E-state index contributed by atoms with van der Waals surface area (Å²) in [7, 11) is 0. The highest BCUT2D eigenvalue weighted by Crippen LogP contribution is 2.15. The van der Waals surface area contributed by atoms with Gasteiger partial charge in [0.1, 0.15) is 0 Å². The third kappa shape index (κ3) is 2.54. The number of carbonyl (C=O) groups excluding carboxylic acids is 2. The number of nitrogens with one attached hydrogen (secondary N) is 3. The van der Waals surface area contributed by atoms with Crippen LogP contribution in [0.5, 0.6) is 0 Å². The lowest BCUT2D eigenvalue weighted by molar-refractivity contribution is -0.136. The first-order valence-corrected chi connectivity index (χ1v) is 5.34. The molecule has 0 saturated heterocycles. The second kappa shape index (κ2) is 5.13. The molecule has 18 heavy (non-hydrogen) atoms. The van der Waals surface area contributed by atoms with Crippen molar-refractivity contribution in [3.8, 4) is 0 Å². The molecule has 1 heterocycles. The Morgan fingerprint density at radius 1 is 1.39 bits per heavy atom. The molecule has 0 aliphatic heterocycles. The Hall–Kier alpha value is -2.63. The summed E-state index contributed by atoms with van der Waals surface area (Å²) < 4.78 is 0. The fourth-order valence-electron chi connectivity index (χ4n) is 1.45. The van der Waals surface area contributed by atoms with E-state index in [1.807, 2.05) is 0 Å². The zero-order chi connectivity index (χ0) is 13.0. The molecular formula is C12H12N4O2. The first-order chi connectivity index (χ1) is 8.70. The molecule has 6 heteroatoms. The molecular weight excluding hydrogens is 232 g/mol. The van der Waals surface area contributed by atoms with E-state index in [1.54, 1.807) is 24.5 Å². The molecule has 0 fully saturated rings. The molecule has 92 valence electrons. The third-order valence-electron chi connectivity index (χ3n) is 2.29. The van der Waals surface area contributed by atoms with Crippen molar-refractivity contribution < 1.29 is 9.59 Å². The number of H-pyrrole nitrogens is 1. The number of anilines is 1. The van der Waals surface area contributed by atoms with E-state index in [-0.39, 0.29) is 6.54 Å². The Morgan fingerprint density at radius 3 is 3.00 bits per heavy atom. The molecule has 0 saturated carbocycles. The van der Waals surface area contributed by atoms with Gasteiger partial charge in [0.2, 0.25) is 0 Å². The number of rotatable bonds is 3. The lowest BCUT2D eigenvalue weighted by atomic mass is 10.2. The summed E-state index contributed by atoms with van der Waals surface area (Å²) >= 11 is 0. The molecule has 0 aliphatic rings. The summed E-state index contributed by atoms with van der Waals surface area (Å²) in [6.07, 6.45) is 3.06. The van der Waals surface area contributed by atoms with E-state index >= 15 is 0 Å². The molecule has 2 aromatic rings. The topological polar surface area (TPSA) is 86.9 Å². The van der Waals surface area contributed by atoms with E-state index in [0.717, 1.165) is 11.0 Å². The maximum absolute atomic E-state index is 11.5.